The summed E-state index contributed by atoms with van der Waals surface area (Å²) < 4.78 is 0. The fraction of sp³-hybridized carbons (Fsp3) is 0.435. The van der Waals surface area contributed by atoms with Gasteiger partial charge in [0.1, 0.15) is 23.9 Å². The Morgan fingerprint density at radius 2 is 1.18 bits per heavy atom. The average Bonchev–Trinajstić information content (AvgIpc) is 2.83. The first-order valence-corrected chi connectivity index (χ1v) is 11.6. The first-order valence-electron chi connectivity index (χ1n) is 11.6. The Kier molecular flexibility index (Phi) is 12.8. The maximum atomic E-state index is 13.1. The van der Waals surface area contributed by atoms with Crippen LogP contribution in [-0.4, -0.2) is 81.0 Å². The average molecular weight is 553 g/mol. The summed E-state index contributed by atoms with van der Waals surface area (Å²) in [5, 5.41) is 34.6. The van der Waals surface area contributed by atoms with Gasteiger partial charge in [0.2, 0.25) is 29.5 Å². The summed E-state index contributed by atoms with van der Waals surface area (Å²) in [6.45, 7) is 0. The molecule has 0 aromatic heterocycles. The molecule has 16 heteroatoms. The van der Waals surface area contributed by atoms with Gasteiger partial charge >= 0.3 is 11.9 Å². The molecule has 5 amide bonds. The summed E-state index contributed by atoms with van der Waals surface area (Å²) in [6, 6.07) is -0.421. The van der Waals surface area contributed by atoms with E-state index in [2.05, 4.69) is 16.0 Å². The van der Waals surface area contributed by atoms with Crippen LogP contribution in [0.25, 0.3) is 0 Å². The highest BCUT2D eigenvalue weighted by atomic mass is 16.4. The van der Waals surface area contributed by atoms with Gasteiger partial charge in [-0.2, -0.15) is 0 Å². The first-order chi connectivity index (χ1) is 18.2. The fourth-order valence-corrected chi connectivity index (χ4v) is 3.28. The molecule has 214 valence electrons. The second-order valence-corrected chi connectivity index (χ2v) is 8.61. The minimum atomic E-state index is -1.52. The van der Waals surface area contributed by atoms with Crippen molar-refractivity contribution in [2.24, 2.45) is 17.2 Å². The van der Waals surface area contributed by atoms with E-state index in [4.69, 9.17) is 22.3 Å². The van der Waals surface area contributed by atoms with Crippen molar-refractivity contribution in [2.45, 2.75) is 62.7 Å². The largest absolute Gasteiger partial charge is 0.508 e. The third kappa shape index (κ3) is 12.4. The lowest BCUT2D eigenvalue weighted by Crippen LogP contribution is -2.57. The van der Waals surface area contributed by atoms with Crippen molar-refractivity contribution in [3.8, 4) is 5.75 Å². The Hall–Kier alpha value is -4.73. The molecule has 0 spiro atoms. The maximum absolute atomic E-state index is 13.1. The van der Waals surface area contributed by atoms with Crippen molar-refractivity contribution in [2.75, 3.05) is 0 Å². The molecule has 1 rings (SSSR count). The molecule has 16 nitrogen and oxygen atoms in total. The number of rotatable bonds is 17. The van der Waals surface area contributed by atoms with Crippen LogP contribution < -0.4 is 33.2 Å². The van der Waals surface area contributed by atoms with E-state index in [-0.39, 0.29) is 37.9 Å². The summed E-state index contributed by atoms with van der Waals surface area (Å²) in [4.78, 5) is 83.3. The van der Waals surface area contributed by atoms with Gasteiger partial charge in [-0.25, -0.2) is 4.79 Å². The topological polar surface area (TPSA) is 294 Å². The van der Waals surface area contributed by atoms with Crippen molar-refractivity contribution in [3.63, 3.8) is 0 Å². The molecule has 12 N–H and O–H groups in total. The number of nitrogens with two attached hydrogens (primary N) is 3. The van der Waals surface area contributed by atoms with Crippen molar-refractivity contribution in [3.05, 3.63) is 29.8 Å². The number of primary amides is 2. The van der Waals surface area contributed by atoms with Gasteiger partial charge in [0.05, 0.1) is 12.5 Å². The van der Waals surface area contributed by atoms with Crippen LogP contribution in [0.15, 0.2) is 24.3 Å². The van der Waals surface area contributed by atoms with Crippen molar-refractivity contribution in [1.82, 2.24) is 16.0 Å². The lowest BCUT2D eigenvalue weighted by atomic mass is 10.0. The summed E-state index contributed by atoms with van der Waals surface area (Å²) in [5.41, 5.74) is 16.2. The molecular weight excluding hydrogens is 520 g/mol. The summed E-state index contributed by atoms with van der Waals surface area (Å²) in [5.74, 6) is -7.46. The third-order valence-corrected chi connectivity index (χ3v) is 5.35. The number of nitrogens with one attached hydrogen (secondary N) is 3. The number of phenols is 1. The van der Waals surface area contributed by atoms with Gasteiger partial charge in [-0.3, -0.25) is 28.8 Å². The Morgan fingerprint density at radius 1 is 0.718 bits per heavy atom. The van der Waals surface area contributed by atoms with Crippen LogP contribution in [0.5, 0.6) is 5.75 Å². The van der Waals surface area contributed by atoms with Crippen molar-refractivity contribution in [1.29, 1.82) is 0 Å². The number of carboxylic acids is 2. The van der Waals surface area contributed by atoms with Gasteiger partial charge in [-0.05, 0) is 30.5 Å². The number of aromatic hydroxyl groups is 1. The number of carbonyl (C=O) groups is 7. The zero-order valence-electron chi connectivity index (χ0n) is 20.8. The molecule has 0 aliphatic rings. The van der Waals surface area contributed by atoms with Crippen molar-refractivity contribution >= 4 is 41.5 Å². The minimum absolute atomic E-state index is 0.0758. The van der Waals surface area contributed by atoms with E-state index in [1.165, 1.54) is 24.3 Å². The van der Waals surface area contributed by atoms with E-state index in [1.54, 1.807) is 0 Å². The number of carbonyl (C=O) groups excluding carboxylic acids is 5. The van der Waals surface area contributed by atoms with E-state index in [0.29, 0.717) is 5.56 Å². The molecule has 0 radical (unpaired) electrons. The Labute approximate surface area is 222 Å². The molecule has 0 bridgehead atoms. The van der Waals surface area contributed by atoms with Crippen LogP contribution in [-0.2, 0) is 40.0 Å². The number of amides is 5. The van der Waals surface area contributed by atoms with E-state index in [9.17, 15) is 43.8 Å². The highest BCUT2D eigenvalue weighted by molar-refractivity contribution is 5.95. The van der Waals surface area contributed by atoms with E-state index >= 15 is 0 Å². The molecule has 0 aliphatic heterocycles. The van der Waals surface area contributed by atoms with Crippen LogP contribution >= 0.6 is 0 Å². The first kappa shape index (κ1) is 32.3. The fourth-order valence-electron chi connectivity index (χ4n) is 3.28. The zero-order chi connectivity index (χ0) is 29.7. The molecule has 0 heterocycles. The number of hydrogen-bond acceptors (Lipinski definition) is 9. The highest BCUT2D eigenvalue weighted by Crippen LogP contribution is 2.12. The van der Waals surface area contributed by atoms with Gasteiger partial charge in [0.25, 0.3) is 0 Å². The number of benzene rings is 1. The second-order valence-electron chi connectivity index (χ2n) is 8.61. The Morgan fingerprint density at radius 3 is 1.67 bits per heavy atom. The number of hydrogen-bond donors (Lipinski definition) is 9. The monoisotopic (exact) mass is 552 g/mol. The predicted molar refractivity (Wildman–Crippen MR) is 132 cm³/mol. The van der Waals surface area contributed by atoms with Gasteiger partial charge in [-0.15, -0.1) is 0 Å². The normalized spacial score (nSPS) is 13.7. The van der Waals surface area contributed by atoms with Crippen molar-refractivity contribution < 1.29 is 48.9 Å². The van der Waals surface area contributed by atoms with Crippen LogP contribution in [0.1, 0.15) is 37.7 Å². The summed E-state index contributed by atoms with van der Waals surface area (Å²) in [7, 11) is 0. The zero-order valence-corrected chi connectivity index (χ0v) is 20.8. The summed E-state index contributed by atoms with van der Waals surface area (Å²) in [6.07, 6.45) is -2.30. The van der Waals surface area contributed by atoms with Crippen LogP contribution in [0.2, 0.25) is 0 Å². The molecule has 0 aliphatic carbocycles. The lowest BCUT2D eigenvalue weighted by Gasteiger charge is -2.25. The molecule has 39 heavy (non-hydrogen) atoms. The molecule has 0 saturated carbocycles. The molecule has 4 atom stereocenters. The number of carboxylic acid groups (broad SMARTS) is 2. The van der Waals surface area contributed by atoms with Gasteiger partial charge in [0.15, 0.2) is 0 Å². The Balaban J connectivity index is 3.19. The Bertz CT molecular complexity index is 1080. The van der Waals surface area contributed by atoms with Gasteiger partial charge in [0, 0.05) is 19.3 Å². The van der Waals surface area contributed by atoms with E-state index in [1.807, 2.05) is 0 Å². The molecular formula is C23H32N6O10. The lowest BCUT2D eigenvalue weighted by molar-refractivity contribution is -0.142. The minimum Gasteiger partial charge on any atom is -0.508 e. The molecule has 1 aromatic carbocycles. The van der Waals surface area contributed by atoms with Crippen LogP contribution in [0.4, 0.5) is 0 Å². The maximum Gasteiger partial charge on any atom is 0.326 e. The quantitative estimate of drug-likeness (QED) is 0.0927. The molecule has 0 fully saturated rings. The SMILES string of the molecule is NC(=O)CCC(NC(=O)C(Cc1ccc(O)cc1)NC(=O)C(CCC(N)=O)NC(=O)C(N)CC(=O)O)C(=O)O. The molecule has 0 saturated heterocycles. The van der Waals surface area contributed by atoms with Gasteiger partial charge < -0.3 is 48.5 Å². The van der Waals surface area contributed by atoms with Gasteiger partial charge in [-0.1, -0.05) is 12.1 Å². The predicted octanol–water partition coefficient (Wildman–Crippen LogP) is -3.19. The van der Waals surface area contributed by atoms with Crippen LogP contribution in [0.3, 0.4) is 0 Å². The molecule has 4 unspecified atom stereocenters. The van der Waals surface area contributed by atoms with E-state index < -0.39 is 72.1 Å². The molecule has 1 aromatic rings. The summed E-state index contributed by atoms with van der Waals surface area (Å²) >= 11 is 0. The highest BCUT2D eigenvalue weighted by Gasteiger charge is 2.31. The standard InChI is InChI=1S/C23H32N6O10/c24-13(10-19(33)34)20(35)27-14(5-7-17(25)31)21(36)29-16(9-11-1-3-12(30)4-2-11)22(37)28-15(23(38)39)6-8-18(26)32/h1-4,13-16,30H,5-10,24H2,(H2,25,31)(H2,26,32)(H,27,35)(H,28,37)(H,29,36)(H,33,34)(H,38,39). The smallest absolute Gasteiger partial charge is 0.326 e. The number of aliphatic carboxylic acids is 2. The number of phenolic OH excluding ortho intramolecular Hbond substituents is 1. The third-order valence-electron chi connectivity index (χ3n) is 5.35. The van der Waals surface area contributed by atoms with Crippen LogP contribution in [0, 0.1) is 0 Å². The van der Waals surface area contributed by atoms with E-state index in [0.717, 1.165) is 0 Å². The second kappa shape index (κ2) is 15.5.